The average Bonchev–Trinajstić information content (AvgIpc) is 3.25. The zero-order valence-electron chi connectivity index (χ0n) is 16.7. The molecule has 1 aliphatic carbocycles. The number of benzene rings is 3. The van der Waals surface area contributed by atoms with Crippen molar-refractivity contribution in [2.75, 3.05) is 0 Å². The van der Waals surface area contributed by atoms with E-state index >= 15 is 0 Å². The number of rotatable bonds is 6. The van der Waals surface area contributed by atoms with Crippen molar-refractivity contribution in [3.05, 3.63) is 71.8 Å². The normalized spacial score (nSPS) is 14.7. The van der Waals surface area contributed by atoms with Gasteiger partial charge in [-0.1, -0.05) is 55.3 Å². The van der Waals surface area contributed by atoms with Crippen LogP contribution in [0.2, 0.25) is 0 Å². The molecule has 0 heterocycles. The van der Waals surface area contributed by atoms with Crippen molar-refractivity contribution < 1.29 is 22.7 Å². The number of thioether (sulfide) groups is 1. The number of nitrogens with one attached hydrogen (secondary N) is 1. The SMILES string of the molecule is O=C(NC1CCCC1)c1ccc2ccccc2c1OCc1ccc(SC(F)(F)F)cc1. The number of ether oxygens (including phenoxy) is 1. The molecule has 3 nitrogen and oxygen atoms in total. The molecule has 1 saturated carbocycles. The van der Waals surface area contributed by atoms with Crippen LogP contribution in [0.15, 0.2) is 65.6 Å². The van der Waals surface area contributed by atoms with Crippen LogP contribution < -0.4 is 10.1 Å². The Kier molecular flexibility index (Phi) is 6.41. The summed E-state index contributed by atoms with van der Waals surface area (Å²) in [7, 11) is 0. The van der Waals surface area contributed by atoms with Gasteiger partial charge in [-0.05, 0) is 53.8 Å². The van der Waals surface area contributed by atoms with E-state index in [1.807, 2.05) is 30.3 Å². The molecule has 0 atom stereocenters. The van der Waals surface area contributed by atoms with Crippen LogP contribution in [0, 0.1) is 0 Å². The second kappa shape index (κ2) is 9.22. The van der Waals surface area contributed by atoms with Gasteiger partial charge in [0.25, 0.3) is 5.91 Å². The Balaban J connectivity index is 1.56. The molecule has 0 saturated heterocycles. The molecule has 0 unspecified atom stereocenters. The van der Waals surface area contributed by atoms with Gasteiger partial charge in [-0.3, -0.25) is 4.79 Å². The minimum absolute atomic E-state index is 0.123. The minimum atomic E-state index is -4.32. The van der Waals surface area contributed by atoms with Crippen LogP contribution in [0.1, 0.15) is 41.6 Å². The van der Waals surface area contributed by atoms with Crippen molar-refractivity contribution in [2.24, 2.45) is 0 Å². The van der Waals surface area contributed by atoms with Gasteiger partial charge in [-0.2, -0.15) is 13.2 Å². The van der Waals surface area contributed by atoms with E-state index in [0.29, 0.717) is 11.3 Å². The summed E-state index contributed by atoms with van der Waals surface area (Å²) < 4.78 is 43.7. The van der Waals surface area contributed by atoms with Gasteiger partial charge in [-0.15, -0.1) is 0 Å². The van der Waals surface area contributed by atoms with E-state index in [4.69, 9.17) is 4.74 Å². The van der Waals surface area contributed by atoms with Gasteiger partial charge < -0.3 is 10.1 Å². The summed E-state index contributed by atoms with van der Waals surface area (Å²) in [4.78, 5) is 13.1. The molecule has 1 aliphatic rings. The maximum absolute atomic E-state index is 13.0. The molecule has 1 amide bonds. The monoisotopic (exact) mass is 445 g/mol. The van der Waals surface area contributed by atoms with E-state index in [0.717, 1.165) is 42.0 Å². The van der Waals surface area contributed by atoms with Crippen molar-refractivity contribution >= 4 is 28.4 Å². The van der Waals surface area contributed by atoms with Crippen LogP contribution in [0.3, 0.4) is 0 Å². The topological polar surface area (TPSA) is 38.3 Å². The van der Waals surface area contributed by atoms with Crippen molar-refractivity contribution in [3.8, 4) is 5.75 Å². The molecule has 0 radical (unpaired) electrons. The molecule has 3 aromatic carbocycles. The first-order valence-electron chi connectivity index (χ1n) is 10.2. The zero-order valence-corrected chi connectivity index (χ0v) is 17.6. The number of carbonyl (C=O) groups excluding carboxylic acids is 1. The highest BCUT2D eigenvalue weighted by Crippen LogP contribution is 2.37. The largest absolute Gasteiger partial charge is 0.487 e. The van der Waals surface area contributed by atoms with Crippen LogP contribution in [0.5, 0.6) is 5.75 Å². The number of hydrogen-bond donors (Lipinski definition) is 1. The van der Waals surface area contributed by atoms with Crippen molar-refractivity contribution in [2.45, 2.75) is 48.7 Å². The van der Waals surface area contributed by atoms with Gasteiger partial charge in [0.2, 0.25) is 0 Å². The highest BCUT2D eigenvalue weighted by atomic mass is 32.2. The van der Waals surface area contributed by atoms with Crippen LogP contribution in [0.4, 0.5) is 13.2 Å². The van der Waals surface area contributed by atoms with Gasteiger partial charge >= 0.3 is 5.51 Å². The molecule has 0 aromatic heterocycles. The number of alkyl halides is 3. The smallest absolute Gasteiger partial charge is 0.446 e. The average molecular weight is 446 g/mol. The molecule has 0 spiro atoms. The predicted octanol–water partition coefficient (Wildman–Crippen LogP) is 6.70. The summed E-state index contributed by atoms with van der Waals surface area (Å²) in [5.74, 6) is 0.326. The maximum atomic E-state index is 13.0. The number of hydrogen-bond acceptors (Lipinski definition) is 3. The van der Waals surface area contributed by atoms with Gasteiger partial charge in [0.1, 0.15) is 12.4 Å². The first kappa shape index (κ1) is 21.6. The van der Waals surface area contributed by atoms with Gasteiger partial charge in [0, 0.05) is 16.3 Å². The summed E-state index contributed by atoms with van der Waals surface area (Å²) in [6.45, 7) is 0.148. The highest BCUT2D eigenvalue weighted by molar-refractivity contribution is 8.00. The lowest BCUT2D eigenvalue weighted by Crippen LogP contribution is -2.32. The minimum Gasteiger partial charge on any atom is -0.487 e. The van der Waals surface area contributed by atoms with E-state index < -0.39 is 5.51 Å². The Morgan fingerprint density at radius 2 is 1.71 bits per heavy atom. The maximum Gasteiger partial charge on any atom is 0.446 e. The Labute approximate surface area is 183 Å². The van der Waals surface area contributed by atoms with Gasteiger partial charge in [-0.25, -0.2) is 0 Å². The number of fused-ring (bicyclic) bond motifs is 1. The highest BCUT2D eigenvalue weighted by Gasteiger charge is 2.29. The fraction of sp³-hybridized carbons (Fsp3) is 0.292. The van der Waals surface area contributed by atoms with Crippen molar-refractivity contribution in [1.29, 1.82) is 0 Å². The lowest BCUT2D eigenvalue weighted by atomic mass is 10.0. The molecule has 7 heteroatoms. The quantitative estimate of drug-likeness (QED) is 0.429. The predicted molar refractivity (Wildman–Crippen MR) is 116 cm³/mol. The molecule has 162 valence electrons. The lowest BCUT2D eigenvalue weighted by molar-refractivity contribution is -0.0328. The standard InChI is InChI=1S/C24H22F3NO2S/c25-24(26,27)31-19-12-9-16(10-13-19)15-30-22-20-8-4-1-5-17(20)11-14-21(22)23(29)28-18-6-2-3-7-18/h1,4-5,8-14,18H,2-3,6-7,15H2,(H,28,29). The van der Waals surface area contributed by atoms with Crippen LogP contribution >= 0.6 is 11.8 Å². The van der Waals surface area contributed by atoms with E-state index in [1.165, 1.54) is 12.1 Å². The molecular weight excluding hydrogens is 423 g/mol. The molecule has 1 fully saturated rings. The summed E-state index contributed by atoms with van der Waals surface area (Å²) in [6.07, 6.45) is 4.21. The number of carbonyl (C=O) groups is 1. The third kappa shape index (κ3) is 5.53. The van der Waals surface area contributed by atoms with Crippen LogP contribution in [-0.2, 0) is 6.61 Å². The van der Waals surface area contributed by atoms with E-state index in [2.05, 4.69) is 5.32 Å². The molecule has 1 N–H and O–H groups in total. The fourth-order valence-corrected chi connectivity index (χ4v) is 4.39. The molecule has 31 heavy (non-hydrogen) atoms. The van der Waals surface area contributed by atoms with E-state index in [1.54, 1.807) is 18.2 Å². The van der Waals surface area contributed by atoms with Crippen LogP contribution in [0.25, 0.3) is 10.8 Å². The summed E-state index contributed by atoms with van der Waals surface area (Å²) in [5.41, 5.74) is -3.13. The molecule has 0 aliphatic heterocycles. The Morgan fingerprint density at radius 3 is 2.42 bits per heavy atom. The first-order valence-corrected chi connectivity index (χ1v) is 11.0. The second-order valence-corrected chi connectivity index (χ2v) is 8.74. The zero-order chi connectivity index (χ0) is 21.8. The number of amides is 1. The lowest BCUT2D eigenvalue weighted by Gasteiger charge is -2.17. The molecular formula is C24H22F3NO2S. The fourth-order valence-electron chi connectivity index (χ4n) is 3.85. The molecule has 0 bridgehead atoms. The Bertz CT molecular complexity index is 1060. The van der Waals surface area contributed by atoms with Gasteiger partial charge in [0.05, 0.1) is 5.56 Å². The van der Waals surface area contributed by atoms with E-state index in [9.17, 15) is 18.0 Å². The van der Waals surface area contributed by atoms with Crippen LogP contribution in [-0.4, -0.2) is 17.5 Å². The first-order chi connectivity index (χ1) is 14.9. The Hall–Kier alpha value is -2.67. The van der Waals surface area contributed by atoms with Crippen molar-refractivity contribution in [1.82, 2.24) is 5.32 Å². The Morgan fingerprint density at radius 1 is 1.00 bits per heavy atom. The van der Waals surface area contributed by atoms with Gasteiger partial charge in [0.15, 0.2) is 0 Å². The third-order valence-electron chi connectivity index (χ3n) is 5.35. The molecule has 3 aromatic rings. The second-order valence-electron chi connectivity index (χ2n) is 7.60. The van der Waals surface area contributed by atoms with E-state index in [-0.39, 0.29) is 35.2 Å². The third-order valence-corrected chi connectivity index (χ3v) is 6.09. The summed E-state index contributed by atoms with van der Waals surface area (Å²) in [6, 6.07) is 17.6. The molecule has 4 rings (SSSR count). The summed E-state index contributed by atoms with van der Waals surface area (Å²) in [5, 5.41) is 4.87. The number of halogens is 3. The van der Waals surface area contributed by atoms with Crippen molar-refractivity contribution in [3.63, 3.8) is 0 Å². The summed E-state index contributed by atoms with van der Waals surface area (Å²) >= 11 is -0.147.